The summed E-state index contributed by atoms with van der Waals surface area (Å²) in [5, 5.41) is 3.53. The maximum absolute atomic E-state index is 12.7. The third-order valence-corrected chi connectivity index (χ3v) is 5.01. The highest BCUT2D eigenvalue weighted by atomic mass is 19.4. The van der Waals surface area contributed by atoms with Gasteiger partial charge in [0.25, 0.3) is 0 Å². The number of hydrogen-bond donors (Lipinski definition) is 1. The van der Waals surface area contributed by atoms with E-state index in [-0.39, 0.29) is 12.8 Å². The predicted octanol–water partition coefficient (Wildman–Crippen LogP) is 3.43. The summed E-state index contributed by atoms with van der Waals surface area (Å²) >= 11 is 0. The number of likely N-dealkylation sites (N-methyl/N-ethyl adjacent to an activating group) is 1. The number of rotatable bonds is 3. The van der Waals surface area contributed by atoms with Crippen molar-refractivity contribution in [1.29, 1.82) is 0 Å². The number of nitrogens with zero attached hydrogens (tertiary/aromatic N) is 1. The summed E-state index contributed by atoms with van der Waals surface area (Å²) in [5.74, 6) is -0.396. The zero-order chi connectivity index (χ0) is 14.8. The first-order valence-corrected chi connectivity index (χ1v) is 7.96. The Bertz CT molecular complexity index is 298. The lowest BCUT2D eigenvalue weighted by atomic mass is 9.81. The van der Waals surface area contributed by atoms with Crippen LogP contribution >= 0.6 is 0 Å². The van der Waals surface area contributed by atoms with Crippen LogP contribution in [0.4, 0.5) is 13.2 Å². The van der Waals surface area contributed by atoms with Crippen LogP contribution in [-0.4, -0.2) is 42.8 Å². The van der Waals surface area contributed by atoms with Crippen molar-refractivity contribution < 1.29 is 13.2 Å². The van der Waals surface area contributed by atoms with Crippen molar-refractivity contribution in [2.45, 2.75) is 64.2 Å². The van der Waals surface area contributed by atoms with Crippen LogP contribution in [0.5, 0.6) is 0 Å². The average molecular weight is 292 g/mol. The lowest BCUT2D eigenvalue weighted by molar-refractivity contribution is -0.186. The Balaban J connectivity index is 1.93. The first-order chi connectivity index (χ1) is 9.41. The molecule has 2 rings (SSSR count). The summed E-state index contributed by atoms with van der Waals surface area (Å²) in [6.07, 6.45) is 0.0356. The molecule has 1 heterocycles. The van der Waals surface area contributed by atoms with E-state index in [1.807, 2.05) is 0 Å². The van der Waals surface area contributed by atoms with Gasteiger partial charge >= 0.3 is 6.18 Å². The Labute approximate surface area is 120 Å². The third-order valence-electron chi connectivity index (χ3n) is 5.01. The van der Waals surface area contributed by atoms with Gasteiger partial charge in [-0.1, -0.05) is 13.8 Å². The molecule has 1 aliphatic carbocycles. The van der Waals surface area contributed by atoms with E-state index in [0.29, 0.717) is 31.1 Å². The van der Waals surface area contributed by atoms with Gasteiger partial charge in [-0.15, -0.1) is 0 Å². The molecule has 1 aliphatic heterocycles. The number of hydrogen-bond acceptors (Lipinski definition) is 2. The van der Waals surface area contributed by atoms with Gasteiger partial charge in [0, 0.05) is 12.1 Å². The molecule has 2 aliphatic rings. The van der Waals surface area contributed by atoms with E-state index < -0.39 is 12.1 Å². The van der Waals surface area contributed by atoms with E-state index in [1.54, 1.807) is 0 Å². The Kier molecular flexibility index (Phi) is 5.35. The molecule has 0 amide bonds. The van der Waals surface area contributed by atoms with Gasteiger partial charge in [0.05, 0.1) is 5.92 Å². The van der Waals surface area contributed by atoms with Gasteiger partial charge in [0.1, 0.15) is 0 Å². The predicted molar refractivity (Wildman–Crippen MR) is 74.6 cm³/mol. The fraction of sp³-hybridized carbons (Fsp3) is 1.00. The summed E-state index contributed by atoms with van der Waals surface area (Å²) in [5.41, 5.74) is 0. The van der Waals surface area contributed by atoms with Crippen molar-refractivity contribution in [1.82, 2.24) is 10.2 Å². The molecule has 0 aromatic rings. The molecule has 0 aromatic heterocycles. The summed E-state index contributed by atoms with van der Waals surface area (Å²) in [4.78, 5) is 2.31. The third kappa shape index (κ3) is 3.88. The molecule has 1 N–H and O–H groups in total. The molecular weight excluding hydrogens is 265 g/mol. The Hall–Kier alpha value is -0.290. The number of nitrogens with one attached hydrogen (secondary N) is 1. The molecule has 0 radical (unpaired) electrons. The smallest absolute Gasteiger partial charge is 0.313 e. The summed E-state index contributed by atoms with van der Waals surface area (Å²) in [7, 11) is 0. The van der Waals surface area contributed by atoms with E-state index in [1.165, 1.54) is 6.42 Å². The van der Waals surface area contributed by atoms with Crippen LogP contribution in [0.2, 0.25) is 0 Å². The van der Waals surface area contributed by atoms with Crippen LogP contribution in [-0.2, 0) is 0 Å². The molecule has 1 saturated heterocycles. The Morgan fingerprint density at radius 3 is 2.30 bits per heavy atom. The summed E-state index contributed by atoms with van der Waals surface area (Å²) < 4.78 is 38.2. The number of alkyl halides is 3. The molecule has 1 saturated carbocycles. The molecule has 118 valence electrons. The molecule has 2 nitrogen and oxygen atoms in total. The number of likely N-dealkylation sites (tertiary alicyclic amines) is 1. The molecule has 3 unspecified atom stereocenters. The van der Waals surface area contributed by atoms with Crippen LogP contribution in [0, 0.1) is 11.8 Å². The average Bonchev–Trinajstić information content (AvgIpc) is 2.40. The number of halogens is 3. The molecule has 0 bridgehead atoms. The van der Waals surface area contributed by atoms with Crippen molar-refractivity contribution >= 4 is 0 Å². The molecule has 3 atom stereocenters. The van der Waals surface area contributed by atoms with Crippen molar-refractivity contribution in [3.05, 3.63) is 0 Å². The van der Waals surface area contributed by atoms with Crippen LogP contribution in [0.25, 0.3) is 0 Å². The van der Waals surface area contributed by atoms with Gasteiger partial charge in [-0.05, 0) is 57.7 Å². The lowest BCUT2D eigenvalue weighted by Crippen LogP contribution is -2.55. The normalized spacial score (nSPS) is 34.4. The van der Waals surface area contributed by atoms with Crippen molar-refractivity contribution in [2.24, 2.45) is 11.8 Å². The van der Waals surface area contributed by atoms with E-state index in [9.17, 15) is 13.2 Å². The second-order valence-electron chi connectivity index (χ2n) is 6.50. The highest BCUT2D eigenvalue weighted by Gasteiger charge is 2.43. The van der Waals surface area contributed by atoms with Crippen LogP contribution in [0.15, 0.2) is 0 Å². The zero-order valence-corrected chi connectivity index (χ0v) is 12.5. The SMILES string of the molecule is CCNC1CCC(C)CC1N1CCC(C(F)(F)F)CC1. The first kappa shape index (κ1) is 16.1. The maximum atomic E-state index is 12.7. The maximum Gasteiger partial charge on any atom is 0.391 e. The van der Waals surface area contributed by atoms with Crippen LogP contribution in [0.1, 0.15) is 46.0 Å². The minimum Gasteiger partial charge on any atom is -0.313 e. The first-order valence-electron chi connectivity index (χ1n) is 7.96. The highest BCUT2D eigenvalue weighted by molar-refractivity contribution is 4.92. The molecule has 20 heavy (non-hydrogen) atoms. The van der Waals surface area contributed by atoms with E-state index in [2.05, 4.69) is 24.1 Å². The number of piperidine rings is 1. The van der Waals surface area contributed by atoms with E-state index in [0.717, 1.165) is 19.4 Å². The van der Waals surface area contributed by atoms with Gasteiger partial charge in [-0.3, -0.25) is 4.90 Å². The van der Waals surface area contributed by atoms with Gasteiger partial charge in [-0.25, -0.2) is 0 Å². The fourth-order valence-electron chi connectivity index (χ4n) is 3.81. The van der Waals surface area contributed by atoms with Gasteiger partial charge in [0.15, 0.2) is 0 Å². The highest BCUT2D eigenvalue weighted by Crippen LogP contribution is 2.36. The van der Waals surface area contributed by atoms with Crippen LogP contribution < -0.4 is 5.32 Å². The summed E-state index contributed by atoms with van der Waals surface area (Å²) in [6, 6.07) is 0.881. The largest absolute Gasteiger partial charge is 0.391 e. The summed E-state index contributed by atoms with van der Waals surface area (Å²) in [6.45, 7) is 6.50. The fourth-order valence-corrected chi connectivity index (χ4v) is 3.81. The minimum absolute atomic E-state index is 0.271. The lowest BCUT2D eigenvalue weighted by Gasteiger charge is -2.45. The Morgan fingerprint density at radius 1 is 1.10 bits per heavy atom. The molecular formula is C15H27F3N2. The molecule has 2 fully saturated rings. The molecule has 0 spiro atoms. The van der Waals surface area contributed by atoms with Crippen molar-refractivity contribution in [2.75, 3.05) is 19.6 Å². The topological polar surface area (TPSA) is 15.3 Å². The quantitative estimate of drug-likeness (QED) is 0.857. The van der Waals surface area contributed by atoms with Gasteiger partial charge in [0.2, 0.25) is 0 Å². The Morgan fingerprint density at radius 2 is 1.75 bits per heavy atom. The standard InChI is InChI=1S/C15H27F3N2/c1-3-19-13-5-4-11(2)10-14(13)20-8-6-12(7-9-20)15(16,17)18/h11-14,19H,3-10H2,1-2H3. The van der Waals surface area contributed by atoms with Gasteiger partial charge in [-0.2, -0.15) is 13.2 Å². The van der Waals surface area contributed by atoms with Crippen molar-refractivity contribution in [3.8, 4) is 0 Å². The van der Waals surface area contributed by atoms with Crippen molar-refractivity contribution in [3.63, 3.8) is 0 Å². The van der Waals surface area contributed by atoms with Crippen LogP contribution in [0.3, 0.4) is 0 Å². The van der Waals surface area contributed by atoms with E-state index >= 15 is 0 Å². The monoisotopic (exact) mass is 292 g/mol. The molecule has 0 aromatic carbocycles. The minimum atomic E-state index is -4.01. The molecule has 5 heteroatoms. The zero-order valence-electron chi connectivity index (χ0n) is 12.5. The second-order valence-corrected chi connectivity index (χ2v) is 6.50. The second kappa shape index (κ2) is 6.65. The van der Waals surface area contributed by atoms with Gasteiger partial charge < -0.3 is 5.32 Å². The van der Waals surface area contributed by atoms with E-state index in [4.69, 9.17) is 0 Å².